The van der Waals surface area contributed by atoms with Gasteiger partial charge in [-0.2, -0.15) is 0 Å². The molecule has 0 aromatic heterocycles. The highest BCUT2D eigenvalue weighted by molar-refractivity contribution is 5.24. The second kappa shape index (κ2) is 3.61. The van der Waals surface area contributed by atoms with E-state index in [0.29, 0.717) is 0 Å². The van der Waals surface area contributed by atoms with Crippen LogP contribution in [0.2, 0.25) is 0 Å². The monoisotopic (exact) mass is 151 g/mol. The summed E-state index contributed by atoms with van der Waals surface area (Å²) >= 11 is 0. The molecule has 62 valence electrons. The minimum atomic E-state index is 1.16. The summed E-state index contributed by atoms with van der Waals surface area (Å²) < 4.78 is 0. The first-order chi connectivity index (χ1) is 5.22. The van der Waals surface area contributed by atoms with E-state index in [4.69, 9.17) is 0 Å². The molecule has 0 unspecified atom stereocenters. The summed E-state index contributed by atoms with van der Waals surface area (Å²) in [5, 5.41) is 0. The van der Waals surface area contributed by atoms with E-state index in [9.17, 15) is 0 Å². The van der Waals surface area contributed by atoms with Crippen LogP contribution < -0.4 is 0 Å². The summed E-state index contributed by atoms with van der Waals surface area (Å²) in [5.41, 5.74) is 2.52. The van der Waals surface area contributed by atoms with Crippen LogP contribution >= 0.6 is 0 Å². The molecule has 1 nitrogen and oxygen atoms in total. The van der Waals surface area contributed by atoms with Gasteiger partial charge >= 0.3 is 0 Å². The van der Waals surface area contributed by atoms with Crippen molar-refractivity contribution in [2.24, 2.45) is 0 Å². The molecule has 0 radical (unpaired) electrons. The third-order valence-electron chi connectivity index (χ3n) is 2.31. The van der Waals surface area contributed by atoms with E-state index in [1.54, 1.807) is 0 Å². The number of hydrogen-bond acceptors (Lipinski definition) is 1. The fraction of sp³-hybridized carbons (Fsp3) is 0.600. The molecule has 1 heteroatoms. The van der Waals surface area contributed by atoms with E-state index in [0.717, 1.165) is 6.54 Å². The zero-order chi connectivity index (χ0) is 8.27. The Labute approximate surface area is 69.4 Å². The Kier molecular flexibility index (Phi) is 2.75. The normalized spacial score (nSPS) is 25.5. The van der Waals surface area contributed by atoms with Crippen molar-refractivity contribution >= 4 is 0 Å². The van der Waals surface area contributed by atoms with Gasteiger partial charge in [0.25, 0.3) is 0 Å². The van der Waals surface area contributed by atoms with Crippen LogP contribution in [-0.2, 0) is 0 Å². The van der Waals surface area contributed by atoms with Gasteiger partial charge in [0.2, 0.25) is 0 Å². The fourth-order valence-electron chi connectivity index (χ4n) is 1.37. The van der Waals surface area contributed by atoms with Gasteiger partial charge in [0, 0.05) is 19.3 Å². The molecule has 1 aliphatic heterocycles. The molecule has 1 rings (SSSR count). The third kappa shape index (κ3) is 2.11. The lowest BCUT2D eigenvalue weighted by Crippen LogP contribution is -2.20. The Balaban J connectivity index is 2.69. The van der Waals surface area contributed by atoms with Crippen LogP contribution in [0.15, 0.2) is 23.9 Å². The minimum absolute atomic E-state index is 1.16. The van der Waals surface area contributed by atoms with Crippen molar-refractivity contribution in [2.45, 2.75) is 26.2 Å². The van der Waals surface area contributed by atoms with E-state index in [2.05, 4.69) is 31.5 Å². The maximum absolute atomic E-state index is 4.04. The first kappa shape index (κ1) is 8.38. The fourth-order valence-corrected chi connectivity index (χ4v) is 1.37. The molecule has 0 saturated heterocycles. The molecule has 0 aromatic carbocycles. The van der Waals surface area contributed by atoms with Gasteiger partial charge in [-0.1, -0.05) is 12.7 Å². The Morgan fingerprint density at radius 3 is 2.91 bits per heavy atom. The van der Waals surface area contributed by atoms with Gasteiger partial charge in [-0.25, -0.2) is 0 Å². The minimum Gasteiger partial charge on any atom is -0.375 e. The van der Waals surface area contributed by atoms with Crippen molar-refractivity contribution < 1.29 is 0 Å². The molecule has 0 spiro atoms. The highest BCUT2D eigenvalue weighted by Crippen LogP contribution is 2.16. The van der Waals surface area contributed by atoms with Crippen LogP contribution in [0.4, 0.5) is 0 Å². The maximum Gasteiger partial charge on any atom is 0.0317 e. The van der Waals surface area contributed by atoms with E-state index in [1.807, 2.05) is 0 Å². The summed E-state index contributed by atoms with van der Waals surface area (Å²) in [5.74, 6) is 0. The van der Waals surface area contributed by atoms with Crippen LogP contribution in [0.25, 0.3) is 0 Å². The zero-order valence-electron chi connectivity index (χ0n) is 7.56. The predicted molar refractivity (Wildman–Crippen MR) is 49.4 cm³/mol. The third-order valence-corrected chi connectivity index (χ3v) is 2.31. The van der Waals surface area contributed by atoms with E-state index in [-0.39, 0.29) is 0 Å². The zero-order valence-corrected chi connectivity index (χ0v) is 7.56. The van der Waals surface area contributed by atoms with Gasteiger partial charge in [0.05, 0.1) is 0 Å². The number of likely N-dealkylation sites (N-methyl/N-ethyl adjacent to an activating group) is 1. The molecule has 0 fully saturated rings. The second-order valence-corrected chi connectivity index (χ2v) is 3.25. The van der Waals surface area contributed by atoms with Crippen molar-refractivity contribution in [1.29, 1.82) is 0 Å². The van der Waals surface area contributed by atoms with Gasteiger partial charge in [0.1, 0.15) is 0 Å². The van der Waals surface area contributed by atoms with Gasteiger partial charge < -0.3 is 4.90 Å². The summed E-state index contributed by atoms with van der Waals surface area (Å²) in [7, 11) is 2.12. The van der Waals surface area contributed by atoms with Crippen molar-refractivity contribution in [1.82, 2.24) is 4.90 Å². The molecule has 0 atom stereocenters. The number of hydrogen-bond donors (Lipinski definition) is 0. The maximum atomic E-state index is 4.04. The molecule has 0 bridgehead atoms. The van der Waals surface area contributed by atoms with Crippen molar-refractivity contribution in [2.75, 3.05) is 13.6 Å². The Bertz CT molecular complexity index is 179. The molecule has 1 heterocycles. The number of rotatable bonds is 0. The molecule has 1 aliphatic rings. The van der Waals surface area contributed by atoms with E-state index < -0.39 is 0 Å². The van der Waals surface area contributed by atoms with Gasteiger partial charge in [-0.05, 0) is 31.8 Å². The lowest BCUT2D eigenvalue weighted by Gasteiger charge is -2.24. The Morgan fingerprint density at radius 2 is 2.18 bits per heavy atom. The van der Waals surface area contributed by atoms with E-state index >= 15 is 0 Å². The van der Waals surface area contributed by atoms with Crippen LogP contribution in [0.5, 0.6) is 0 Å². The first-order valence-corrected chi connectivity index (χ1v) is 4.29. The highest BCUT2D eigenvalue weighted by atomic mass is 15.1. The standard InChI is InChI=1S/C10H17N/c1-9-7-5-4-6-8-11(3)10(9)2/h7H,2,4-6,8H2,1,3H3/b9-7-. The van der Waals surface area contributed by atoms with Crippen LogP contribution in [-0.4, -0.2) is 18.5 Å². The number of nitrogens with zero attached hydrogens (tertiary/aromatic N) is 1. The van der Waals surface area contributed by atoms with E-state index in [1.165, 1.54) is 30.5 Å². The van der Waals surface area contributed by atoms with Crippen molar-refractivity contribution in [3.05, 3.63) is 23.9 Å². The Morgan fingerprint density at radius 1 is 1.45 bits per heavy atom. The molecule has 0 N–H and O–H groups in total. The van der Waals surface area contributed by atoms with Crippen molar-refractivity contribution in [3.8, 4) is 0 Å². The smallest absolute Gasteiger partial charge is 0.0317 e. The van der Waals surface area contributed by atoms with Crippen LogP contribution in [0.1, 0.15) is 26.2 Å². The predicted octanol–water partition coefficient (Wildman–Crippen LogP) is 2.56. The molecular weight excluding hydrogens is 134 g/mol. The topological polar surface area (TPSA) is 3.24 Å². The van der Waals surface area contributed by atoms with Gasteiger partial charge in [0.15, 0.2) is 0 Å². The second-order valence-electron chi connectivity index (χ2n) is 3.25. The average molecular weight is 151 g/mol. The summed E-state index contributed by atoms with van der Waals surface area (Å²) in [6, 6.07) is 0. The lowest BCUT2D eigenvalue weighted by atomic mass is 10.1. The SMILES string of the molecule is C=C1/C(C)=C\CCCCN1C. The quantitative estimate of drug-likeness (QED) is 0.514. The summed E-state index contributed by atoms with van der Waals surface area (Å²) in [6.07, 6.45) is 6.12. The average Bonchev–Trinajstić information content (AvgIpc) is 2.00. The summed E-state index contributed by atoms with van der Waals surface area (Å²) in [4.78, 5) is 2.24. The molecule has 11 heavy (non-hydrogen) atoms. The van der Waals surface area contributed by atoms with Crippen LogP contribution in [0, 0.1) is 0 Å². The first-order valence-electron chi connectivity index (χ1n) is 4.29. The van der Waals surface area contributed by atoms with Gasteiger partial charge in [-0.3, -0.25) is 0 Å². The highest BCUT2D eigenvalue weighted by Gasteiger charge is 2.05. The van der Waals surface area contributed by atoms with Crippen molar-refractivity contribution in [3.63, 3.8) is 0 Å². The molecule has 0 saturated carbocycles. The summed E-state index contributed by atoms with van der Waals surface area (Å²) in [6.45, 7) is 7.34. The molecule has 0 aliphatic carbocycles. The molecular formula is C10H17N. The van der Waals surface area contributed by atoms with Gasteiger partial charge in [-0.15, -0.1) is 0 Å². The van der Waals surface area contributed by atoms with Crippen LogP contribution in [0.3, 0.4) is 0 Å². The molecule has 0 amide bonds. The molecule has 0 aromatic rings. The lowest BCUT2D eigenvalue weighted by molar-refractivity contribution is 0.405. The Hall–Kier alpha value is -0.720. The number of allylic oxidation sites excluding steroid dienone is 2. The largest absolute Gasteiger partial charge is 0.375 e.